The van der Waals surface area contributed by atoms with Crippen LogP contribution in [0, 0.1) is 0 Å². The molecule has 38 heavy (non-hydrogen) atoms. The second-order valence-corrected chi connectivity index (χ2v) is 9.44. The van der Waals surface area contributed by atoms with E-state index in [0.29, 0.717) is 11.3 Å². The first-order chi connectivity index (χ1) is 18.0. The fraction of sp³-hybridized carbons (Fsp3) is 0.500. The number of hydrogen-bond acceptors (Lipinski definition) is 12. The minimum absolute atomic E-state index is 0.0809. The SMILES string of the molecule is COc1ccc(C2CC(=O)c3ccc(OC4O[C@H]([C@H](O)[C@@H](O)[C@H](O)[C@@H](C)O)[C@@H](O)[C@H](O)[C@H]4O)cc3O2)cc1. The minimum Gasteiger partial charge on any atom is -0.497 e. The highest BCUT2D eigenvalue weighted by molar-refractivity contribution is 6.00. The lowest BCUT2D eigenvalue weighted by molar-refractivity contribution is -0.298. The van der Waals surface area contributed by atoms with Crippen molar-refractivity contribution in [2.24, 2.45) is 0 Å². The van der Waals surface area contributed by atoms with Crippen LogP contribution in [0.1, 0.15) is 35.4 Å². The van der Waals surface area contributed by atoms with Crippen LogP contribution in [0.3, 0.4) is 0 Å². The van der Waals surface area contributed by atoms with E-state index in [9.17, 15) is 40.5 Å². The van der Waals surface area contributed by atoms with Crippen LogP contribution in [-0.4, -0.2) is 104 Å². The topological polar surface area (TPSA) is 196 Å². The number of ketones is 1. The molecule has 2 aliphatic rings. The molecule has 4 rings (SSSR count). The Balaban J connectivity index is 1.52. The zero-order valence-corrected chi connectivity index (χ0v) is 20.7. The van der Waals surface area contributed by atoms with Gasteiger partial charge in [0.05, 0.1) is 25.2 Å². The van der Waals surface area contributed by atoms with Gasteiger partial charge in [0.15, 0.2) is 5.78 Å². The summed E-state index contributed by atoms with van der Waals surface area (Å²) in [7, 11) is 1.55. The third kappa shape index (κ3) is 5.63. The molecule has 2 aromatic carbocycles. The fourth-order valence-electron chi connectivity index (χ4n) is 4.45. The van der Waals surface area contributed by atoms with Gasteiger partial charge >= 0.3 is 0 Å². The van der Waals surface area contributed by atoms with Crippen molar-refractivity contribution >= 4 is 5.78 Å². The van der Waals surface area contributed by atoms with Crippen molar-refractivity contribution in [3.63, 3.8) is 0 Å². The van der Waals surface area contributed by atoms with Gasteiger partial charge in [-0.1, -0.05) is 12.1 Å². The second-order valence-electron chi connectivity index (χ2n) is 9.44. The lowest BCUT2D eigenvalue weighted by Gasteiger charge is -2.43. The van der Waals surface area contributed by atoms with Gasteiger partial charge in [-0.05, 0) is 36.8 Å². The van der Waals surface area contributed by atoms with Crippen molar-refractivity contribution in [2.75, 3.05) is 7.11 Å². The molecule has 7 N–H and O–H groups in total. The van der Waals surface area contributed by atoms with E-state index in [2.05, 4.69) is 0 Å². The number of aliphatic hydroxyl groups excluding tert-OH is 7. The molecule has 12 nitrogen and oxygen atoms in total. The predicted octanol–water partition coefficient (Wildman–Crippen LogP) is -0.948. The Kier molecular flexibility index (Phi) is 8.55. The molecular formula is C26H32O12. The van der Waals surface area contributed by atoms with Crippen molar-refractivity contribution in [3.8, 4) is 17.2 Å². The summed E-state index contributed by atoms with van der Waals surface area (Å²) < 4.78 is 22.3. The summed E-state index contributed by atoms with van der Waals surface area (Å²) in [5.74, 6) is 0.802. The Morgan fingerprint density at radius 3 is 2.18 bits per heavy atom. The maximum Gasteiger partial charge on any atom is 0.229 e. The van der Waals surface area contributed by atoms with E-state index in [1.807, 2.05) is 0 Å². The smallest absolute Gasteiger partial charge is 0.229 e. The van der Waals surface area contributed by atoms with Crippen LogP contribution in [0.15, 0.2) is 42.5 Å². The minimum atomic E-state index is -1.96. The van der Waals surface area contributed by atoms with E-state index in [-0.39, 0.29) is 23.7 Å². The monoisotopic (exact) mass is 536 g/mol. The molecular weight excluding hydrogens is 504 g/mol. The summed E-state index contributed by atoms with van der Waals surface area (Å²) >= 11 is 0. The lowest BCUT2D eigenvalue weighted by atomic mass is 9.90. The number of rotatable bonds is 8. The Morgan fingerprint density at radius 2 is 1.55 bits per heavy atom. The molecule has 1 saturated heterocycles. The Morgan fingerprint density at radius 1 is 0.895 bits per heavy atom. The third-order valence-corrected chi connectivity index (χ3v) is 6.77. The molecule has 2 aliphatic heterocycles. The molecule has 0 radical (unpaired) electrons. The molecule has 0 aliphatic carbocycles. The van der Waals surface area contributed by atoms with Gasteiger partial charge in [0.2, 0.25) is 6.29 Å². The first-order valence-electron chi connectivity index (χ1n) is 12.1. The summed E-state index contributed by atoms with van der Waals surface area (Å²) in [4.78, 5) is 12.7. The largest absolute Gasteiger partial charge is 0.497 e. The van der Waals surface area contributed by atoms with Crippen molar-refractivity contribution in [3.05, 3.63) is 53.6 Å². The molecule has 0 spiro atoms. The average Bonchev–Trinajstić information content (AvgIpc) is 2.91. The summed E-state index contributed by atoms with van der Waals surface area (Å²) in [6.07, 6.45) is -16.3. The molecule has 0 bridgehead atoms. The van der Waals surface area contributed by atoms with Crippen LogP contribution < -0.4 is 14.2 Å². The standard InChI is InChI=1S/C26H32O12/c1-11(27)19(29)20(30)22(32)25-23(33)21(31)24(34)26(38-25)36-14-7-8-15-16(28)10-17(37-18(15)9-14)12-3-5-13(35-2)6-4-12/h3-9,11,17,19-27,29-34H,10H2,1-2H3/t11-,17?,19-,20+,21+,22-,23+,24-,25-,26?/m1/s1. The maximum atomic E-state index is 12.7. The number of carbonyl (C=O) groups is 1. The van der Waals surface area contributed by atoms with Gasteiger partial charge in [-0.15, -0.1) is 0 Å². The van der Waals surface area contributed by atoms with E-state index in [4.69, 9.17) is 18.9 Å². The van der Waals surface area contributed by atoms with Gasteiger partial charge in [0.25, 0.3) is 0 Å². The molecule has 0 amide bonds. The van der Waals surface area contributed by atoms with Gasteiger partial charge in [0.1, 0.15) is 66.1 Å². The number of carbonyl (C=O) groups excluding carboxylic acids is 1. The number of Topliss-reactive ketones (excluding diaryl/α,β-unsaturated/α-hetero) is 1. The Hall–Kier alpha value is -2.81. The molecule has 12 heteroatoms. The molecule has 2 unspecified atom stereocenters. The maximum absolute atomic E-state index is 12.7. The first kappa shape index (κ1) is 28.2. The third-order valence-electron chi connectivity index (χ3n) is 6.77. The van der Waals surface area contributed by atoms with Crippen LogP contribution in [-0.2, 0) is 4.74 Å². The number of benzene rings is 2. The molecule has 10 atom stereocenters. The fourth-order valence-corrected chi connectivity index (χ4v) is 4.45. The van der Waals surface area contributed by atoms with Crippen LogP contribution in [0.5, 0.6) is 17.2 Å². The van der Waals surface area contributed by atoms with Crippen LogP contribution in [0.2, 0.25) is 0 Å². The average molecular weight is 537 g/mol. The van der Waals surface area contributed by atoms with Gasteiger partial charge in [-0.2, -0.15) is 0 Å². The zero-order valence-electron chi connectivity index (χ0n) is 20.7. The first-order valence-corrected chi connectivity index (χ1v) is 12.1. The van der Waals surface area contributed by atoms with Crippen molar-refractivity contribution in [1.29, 1.82) is 0 Å². The number of aliphatic hydroxyl groups is 7. The van der Waals surface area contributed by atoms with Gasteiger partial charge in [0, 0.05) is 6.07 Å². The van der Waals surface area contributed by atoms with Crippen LogP contribution in [0.25, 0.3) is 0 Å². The van der Waals surface area contributed by atoms with Crippen LogP contribution >= 0.6 is 0 Å². The van der Waals surface area contributed by atoms with E-state index in [1.165, 1.54) is 25.1 Å². The quantitative estimate of drug-likeness (QED) is 0.219. The lowest BCUT2D eigenvalue weighted by Crippen LogP contribution is -2.64. The molecule has 0 saturated carbocycles. The number of hydrogen-bond donors (Lipinski definition) is 7. The normalized spacial score (nSPS) is 30.4. The zero-order chi connectivity index (χ0) is 27.7. The Bertz CT molecular complexity index is 1110. The van der Waals surface area contributed by atoms with E-state index >= 15 is 0 Å². The number of ether oxygens (including phenoxy) is 4. The second kappa shape index (κ2) is 11.5. The van der Waals surface area contributed by atoms with Crippen molar-refractivity contribution in [2.45, 2.75) is 74.6 Å². The number of methoxy groups -OCH3 is 1. The van der Waals surface area contributed by atoms with E-state index in [0.717, 1.165) is 5.56 Å². The molecule has 0 aromatic heterocycles. The summed E-state index contributed by atoms with van der Waals surface area (Å²) in [6, 6.07) is 11.4. The predicted molar refractivity (Wildman–Crippen MR) is 129 cm³/mol. The summed E-state index contributed by atoms with van der Waals surface area (Å²) in [6.45, 7) is 1.19. The molecule has 1 fully saturated rings. The van der Waals surface area contributed by atoms with Gasteiger partial charge < -0.3 is 54.7 Å². The van der Waals surface area contributed by atoms with E-state index < -0.39 is 61.2 Å². The molecule has 2 heterocycles. The summed E-state index contributed by atoms with van der Waals surface area (Å²) in [5.41, 5.74) is 1.08. The van der Waals surface area contributed by atoms with Gasteiger partial charge in [-0.3, -0.25) is 4.79 Å². The highest BCUT2D eigenvalue weighted by atomic mass is 16.7. The molecule has 208 valence electrons. The van der Waals surface area contributed by atoms with Crippen molar-refractivity contribution < 1.29 is 59.5 Å². The highest BCUT2D eigenvalue weighted by Crippen LogP contribution is 2.38. The van der Waals surface area contributed by atoms with Crippen molar-refractivity contribution in [1.82, 2.24) is 0 Å². The van der Waals surface area contributed by atoms with E-state index in [1.54, 1.807) is 31.4 Å². The highest BCUT2D eigenvalue weighted by Gasteiger charge is 2.50. The van der Waals surface area contributed by atoms with Gasteiger partial charge in [-0.25, -0.2) is 0 Å². The number of fused-ring (bicyclic) bond motifs is 1. The summed E-state index contributed by atoms with van der Waals surface area (Å²) in [5, 5.41) is 71.1. The van der Waals surface area contributed by atoms with Crippen LogP contribution in [0.4, 0.5) is 0 Å². The Labute approximate surface area is 218 Å². The molecule has 2 aromatic rings.